The number of rotatable bonds is 13. The molecule has 1 atom stereocenters. The molecule has 7 nitrogen and oxygen atoms in total. The van der Waals surface area contributed by atoms with Crippen molar-refractivity contribution in [3.05, 3.63) is 0 Å². The lowest BCUT2D eigenvalue weighted by Crippen LogP contribution is -2.30. The van der Waals surface area contributed by atoms with E-state index in [2.05, 4.69) is 5.32 Å². The number of carbonyl (C=O) groups is 2. The number of hydrogen-bond donors (Lipinski definition) is 3. The fraction of sp³-hybridized carbons (Fsp3) is 0.900. The van der Waals surface area contributed by atoms with E-state index in [1.54, 1.807) is 0 Å². The predicted octanol–water partition coefficient (Wildman–Crippen LogP) is 1.82. The monoisotopic (exact) mass is 387 g/mol. The molecule has 7 heteroatoms. The molecule has 0 radical (unpaired) electrons. The van der Waals surface area contributed by atoms with Gasteiger partial charge in [0.1, 0.15) is 0 Å². The molecule has 0 aliphatic carbocycles. The highest BCUT2D eigenvalue weighted by Crippen LogP contribution is 2.16. The maximum Gasteiger partial charge on any atom is 0.222 e. The fourth-order valence-corrected chi connectivity index (χ4v) is 3.11. The topological polar surface area (TPSA) is 105 Å². The summed E-state index contributed by atoms with van der Waals surface area (Å²) in [5.74, 6) is 0.361. The number of ether oxygens (including phenoxy) is 1. The number of carbonyl (C=O) groups excluding carboxylic acids is 2. The largest absolute Gasteiger partial charge is 0.400 e. The first-order valence-electron chi connectivity index (χ1n) is 10.4. The number of likely N-dealkylation sites (tertiary alicyclic amines) is 1. The van der Waals surface area contributed by atoms with Gasteiger partial charge in [0, 0.05) is 39.6 Å². The van der Waals surface area contributed by atoms with Gasteiger partial charge in [0.25, 0.3) is 0 Å². The van der Waals surface area contributed by atoms with Gasteiger partial charge in [-0.05, 0) is 52.5 Å². The Hall–Kier alpha value is -1.18. The number of hydrogen-bond acceptors (Lipinski definition) is 5. The second-order valence-corrected chi connectivity index (χ2v) is 7.20. The lowest BCUT2D eigenvalue weighted by molar-refractivity contribution is -0.131. The normalized spacial score (nSPS) is 16.2. The molecule has 1 fully saturated rings. The van der Waals surface area contributed by atoms with E-state index in [1.807, 2.05) is 18.7 Å². The molecule has 4 N–H and O–H groups in total. The zero-order chi connectivity index (χ0) is 20.5. The Bertz CT molecular complexity index is 391. The Morgan fingerprint density at radius 1 is 1.11 bits per heavy atom. The van der Waals surface area contributed by atoms with E-state index in [-0.39, 0.29) is 24.0 Å². The summed E-state index contributed by atoms with van der Waals surface area (Å²) < 4.78 is 5.77. The van der Waals surface area contributed by atoms with Crippen LogP contribution in [0.1, 0.15) is 71.6 Å². The molecule has 1 saturated heterocycles. The SMILES string of the molecule is CC(C)OC1CCN(C(=O)CCCCCNC(=O)CCCCCN)C1.CO. The van der Waals surface area contributed by atoms with Crippen molar-refractivity contribution in [2.45, 2.75) is 83.8 Å². The van der Waals surface area contributed by atoms with E-state index in [4.69, 9.17) is 15.6 Å². The molecule has 1 heterocycles. The van der Waals surface area contributed by atoms with Crippen molar-refractivity contribution in [1.29, 1.82) is 0 Å². The van der Waals surface area contributed by atoms with Crippen LogP contribution in [0.3, 0.4) is 0 Å². The minimum Gasteiger partial charge on any atom is -0.400 e. The molecule has 0 bridgehead atoms. The Morgan fingerprint density at radius 3 is 2.44 bits per heavy atom. The summed E-state index contributed by atoms with van der Waals surface area (Å²) in [4.78, 5) is 25.7. The van der Waals surface area contributed by atoms with Crippen LogP contribution < -0.4 is 11.1 Å². The van der Waals surface area contributed by atoms with Crippen molar-refractivity contribution in [2.75, 3.05) is 33.3 Å². The van der Waals surface area contributed by atoms with Gasteiger partial charge in [0.05, 0.1) is 12.2 Å². The zero-order valence-electron chi connectivity index (χ0n) is 17.5. The van der Waals surface area contributed by atoms with Crippen LogP contribution in [0.25, 0.3) is 0 Å². The lowest BCUT2D eigenvalue weighted by Gasteiger charge is -2.18. The Balaban J connectivity index is 0.00000326. The van der Waals surface area contributed by atoms with Gasteiger partial charge in [-0.3, -0.25) is 9.59 Å². The first kappa shape index (κ1) is 25.8. The number of amides is 2. The lowest BCUT2D eigenvalue weighted by atomic mass is 10.1. The second-order valence-electron chi connectivity index (χ2n) is 7.20. The van der Waals surface area contributed by atoms with Crippen LogP contribution in [0.15, 0.2) is 0 Å². The van der Waals surface area contributed by atoms with Crippen molar-refractivity contribution >= 4 is 11.8 Å². The number of aliphatic hydroxyl groups is 1. The summed E-state index contributed by atoms with van der Waals surface area (Å²) >= 11 is 0. The molecule has 160 valence electrons. The summed E-state index contributed by atoms with van der Waals surface area (Å²) in [6, 6.07) is 0. The quantitative estimate of drug-likeness (QED) is 0.418. The maximum atomic E-state index is 12.2. The van der Waals surface area contributed by atoms with Gasteiger partial charge >= 0.3 is 0 Å². The van der Waals surface area contributed by atoms with Crippen LogP contribution in [0.4, 0.5) is 0 Å². The molecule has 2 amide bonds. The standard InChI is InChI=1S/C19H37N3O3.CH4O/c1-16(2)25-17-11-14-22(15-17)19(24)10-6-4-8-13-21-18(23)9-5-3-7-12-20;1-2/h16-17H,3-15,20H2,1-2H3,(H,21,23);2H,1H3. The van der Waals surface area contributed by atoms with Gasteiger partial charge in [0.15, 0.2) is 0 Å². The first-order valence-corrected chi connectivity index (χ1v) is 10.4. The molecule has 0 saturated carbocycles. The minimum atomic E-state index is 0.126. The highest BCUT2D eigenvalue weighted by Gasteiger charge is 2.26. The molecular formula is C20H41N3O4. The predicted molar refractivity (Wildman–Crippen MR) is 108 cm³/mol. The van der Waals surface area contributed by atoms with Crippen molar-refractivity contribution in [3.8, 4) is 0 Å². The molecule has 1 aliphatic rings. The van der Waals surface area contributed by atoms with E-state index in [0.29, 0.717) is 25.9 Å². The van der Waals surface area contributed by atoms with Crippen LogP contribution >= 0.6 is 0 Å². The second kappa shape index (κ2) is 17.0. The fourth-order valence-electron chi connectivity index (χ4n) is 3.11. The maximum absolute atomic E-state index is 12.2. The van der Waals surface area contributed by atoms with Gasteiger partial charge in [-0.2, -0.15) is 0 Å². The van der Waals surface area contributed by atoms with Crippen molar-refractivity contribution in [3.63, 3.8) is 0 Å². The third-order valence-corrected chi connectivity index (χ3v) is 4.46. The van der Waals surface area contributed by atoms with Crippen molar-refractivity contribution < 1.29 is 19.4 Å². The van der Waals surface area contributed by atoms with Crippen LogP contribution in [-0.2, 0) is 14.3 Å². The van der Waals surface area contributed by atoms with E-state index < -0.39 is 0 Å². The summed E-state index contributed by atoms with van der Waals surface area (Å²) in [7, 11) is 1.00. The molecule has 1 aliphatic heterocycles. The molecule has 0 aromatic carbocycles. The van der Waals surface area contributed by atoms with Crippen LogP contribution in [-0.4, -0.2) is 67.3 Å². The average Bonchev–Trinajstić information content (AvgIpc) is 3.11. The molecular weight excluding hydrogens is 346 g/mol. The molecule has 0 aromatic heterocycles. The van der Waals surface area contributed by atoms with Crippen LogP contribution in [0.5, 0.6) is 0 Å². The first-order chi connectivity index (χ1) is 13.0. The van der Waals surface area contributed by atoms with Gasteiger partial charge in [0.2, 0.25) is 11.8 Å². The van der Waals surface area contributed by atoms with Crippen molar-refractivity contribution in [1.82, 2.24) is 10.2 Å². The number of unbranched alkanes of at least 4 members (excludes halogenated alkanes) is 4. The molecule has 27 heavy (non-hydrogen) atoms. The van der Waals surface area contributed by atoms with E-state index >= 15 is 0 Å². The van der Waals surface area contributed by atoms with Gasteiger partial charge in [-0.25, -0.2) is 0 Å². The summed E-state index contributed by atoms with van der Waals surface area (Å²) in [6.45, 7) is 7.02. The molecule has 0 spiro atoms. The number of nitrogens with zero attached hydrogens (tertiary/aromatic N) is 1. The summed E-state index contributed by atoms with van der Waals surface area (Å²) in [6.07, 6.45) is 8.26. The number of aliphatic hydroxyl groups excluding tert-OH is 1. The molecule has 1 unspecified atom stereocenters. The average molecular weight is 388 g/mol. The van der Waals surface area contributed by atoms with Crippen LogP contribution in [0, 0.1) is 0 Å². The third-order valence-electron chi connectivity index (χ3n) is 4.46. The third kappa shape index (κ3) is 13.6. The Labute approximate surface area is 165 Å². The van der Waals surface area contributed by atoms with Gasteiger partial charge in [-0.15, -0.1) is 0 Å². The van der Waals surface area contributed by atoms with Crippen LogP contribution in [0.2, 0.25) is 0 Å². The Morgan fingerprint density at radius 2 is 1.78 bits per heavy atom. The highest BCUT2D eigenvalue weighted by molar-refractivity contribution is 5.76. The van der Waals surface area contributed by atoms with E-state index in [1.165, 1.54) is 0 Å². The molecule has 1 rings (SSSR count). The Kier molecular flexibility index (Phi) is 16.2. The zero-order valence-corrected chi connectivity index (χ0v) is 17.5. The smallest absolute Gasteiger partial charge is 0.222 e. The minimum absolute atomic E-state index is 0.126. The van der Waals surface area contributed by atoms with E-state index in [0.717, 1.165) is 65.1 Å². The highest BCUT2D eigenvalue weighted by atomic mass is 16.5. The van der Waals surface area contributed by atoms with Gasteiger partial charge in [-0.1, -0.05) is 12.8 Å². The summed E-state index contributed by atoms with van der Waals surface area (Å²) in [5.41, 5.74) is 5.43. The number of nitrogens with two attached hydrogens (primary N) is 1. The summed E-state index contributed by atoms with van der Waals surface area (Å²) in [5, 5.41) is 9.94. The van der Waals surface area contributed by atoms with Gasteiger partial charge < -0.3 is 25.8 Å². The molecule has 0 aromatic rings. The number of nitrogens with one attached hydrogen (secondary N) is 1. The van der Waals surface area contributed by atoms with Crippen molar-refractivity contribution in [2.24, 2.45) is 5.73 Å². The van der Waals surface area contributed by atoms with E-state index in [9.17, 15) is 9.59 Å².